The molecule has 0 saturated carbocycles. The molecule has 0 radical (unpaired) electrons. The second kappa shape index (κ2) is 8.07. The minimum absolute atomic E-state index is 0.378. The summed E-state index contributed by atoms with van der Waals surface area (Å²) >= 11 is 11.6. The first-order valence-corrected chi connectivity index (χ1v) is 8.47. The first-order valence-electron chi connectivity index (χ1n) is 7.69. The second-order valence-corrected chi connectivity index (χ2v) is 6.14. The second-order valence-electron chi connectivity index (χ2n) is 5.37. The van der Waals surface area contributed by atoms with Gasteiger partial charge in [0, 0.05) is 5.02 Å². The molecule has 0 bridgehead atoms. The summed E-state index contributed by atoms with van der Waals surface area (Å²) in [6, 6.07) is 14.4. The van der Waals surface area contributed by atoms with Crippen LogP contribution < -0.4 is 0 Å². The van der Waals surface area contributed by atoms with Crippen LogP contribution in [-0.2, 0) is 11.3 Å². The Labute approximate surface area is 160 Å². The molecule has 2 aromatic carbocycles. The Hall–Kier alpha value is -2.77. The van der Waals surface area contributed by atoms with Gasteiger partial charge in [-0.05, 0) is 41.5 Å². The Balaban J connectivity index is 1.76. The quantitative estimate of drug-likeness (QED) is 0.380. The highest BCUT2D eigenvalue weighted by Crippen LogP contribution is 2.16. The molecule has 0 aliphatic rings. The molecule has 3 aromatic rings. The number of aromatic nitrogens is 3. The SMILES string of the molecule is COC(=O)c1ccc(C=Nn2cnn(Cc3ccccc3Cl)c2=S)cc1. The standard InChI is InChI=1S/C18H15ClN4O2S/c1-25-17(24)14-8-6-13(7-9-14)10-20-23-12-21-22(18(23)26)11-15-4-2-3-5-16(15)19/h2-10,12H,11H2,1H3. The maximum atomic E-state index is 11.4. The van der Waals surface area contributed by atoms with Crippen molar-refractivity contribution in [3.63, 3.8) is 0 Å². The van der Waals surface area contributed by atoms with Crippen LogP contribution >= 0.6 is 23.8 Å². The largest absolute Gasteiger partial charge is 0.465 e. The molecule has 0 unspecified atom stereocenters. The van der Waals surface area contributed by atoms with E-state index in [0.717, 1.165) is 11.1 Å². The van der Waals surface area contributed by atoms with Gasteiger partial charge in [-0.2, -0.15) is 14.9 Å². The predicted octanol–water partition coefficient (Wildman–Crippen LogP) is 3.78. The molecule has 0 atom stereocenters. The van der Waals surface area contributed by atoms with Crippen molar-refractivity contribution in [2.24, 2.45) is 5.10 Å². The fourth-order valence-electron chi connectivity index (χ4n) is 2.26. The molecule has 8 heteroatoms. The third kappa shape index (κ3) is 4.07. The summed E-state index contributed by atoms with van der Waals surface area (Å²) in [6.07, 6.45) is 3.18. The molecule has 0 aliphatic carbocycles. The monoisotopic (exact) mass is 386 g/mol. The molecule has 132 valence electrons. The van der Waals surface area contributed by atoms with Crippen molar-refractivity contribution >= 4 is 36.0 Å². The van der Waals surface area contributed by atoms with Crippen molar-refractivity contribution in [1.82, 2.24) is 14.5 Å². The molecule has 0 saturated heterocycles. The number of esters is 1. The van der Waals surface area contributed by atoms with E-state index in [9.17, 15) is 4.79 Å². The Morgan fingerprint density at radius 1 is 1.27 bits per heavy atom. The minimum atomic E-state index is -0.378. The molecule has 0 fully saturated rings. The Morgan fingerprint density at radius 2 is 2.00 bits per heavy atom. The number of rotatable bonds is 5. The molecule has 1 aromatic heterocycles. The lowest BCUT2D eigenvalue weighted by atomic mass is 10.1. The normalized spacial score (nSPS) is 11.0. The van der Waals surface area contributed by atoms with E-state index in [-0.39, 0.29) is 5.97 Å². The van der Waals surface area contributed by atoms with E-state index >= 15 is 0 Å². The van der Waals surface area contributed by atoms with Crippen molar-refractivity contribution in [2.45, 2.75) is 6.54 Å². The molecular weight excluding hydrogens is 372 g/mol. The molecule has 0 spiro atoms. The average molecular weight is 387 g/mol. The zero-order valence-electron chi connectivity index (χ0n) is 13.9. The molecule has 0 amide bonds. The zero-order chi connectivity index (χ0) is 18.5. The Morgan fingerprint density at radius 3 is 2.69 bits per heavy atom. The summed E-state index contributed by atoms with van der Waals surface area (Å²) in [5.74, 6) is -0.378. The third-order valence-corrected chi connectivity index (χ3v) is 4.42. The molecule has 1 heterocycles. The summed E-state index contributed by atoms with van der Waals surface area (Å²) in [5.41, 5.74) is 2.23. The number of carbonyl (C=O) groups excluding carboxylic acids is 1. The fourth-order valence-corrected chi connectivity index (χ4v) is 2.66. The van der Waals surface area contributed by atoms with Crippen LogP contribution in [0.5, 0.6) is 0 Å². The van der Waals surface area contributed by atoms with E-state index in [1.807, 2.05) is 24.3 Å². The maximum absolute atomic E-state index is 11.4. The van der Waals surface area contributed by atoms with Gasteiger partial charge in [0.1, 0.15) is 6.33 Å². The molecule has 3 rings (SSSR count). The topological polar surface area (TPSA) is 61.4 Å². The molecule has 26 heavy (non-hydrogen) atoms. The van der Waals surface area contributed by atoms with E-state index in [0.29, 0.717) is 21.9 Å². The van der Waals surface area contributed by atoms with E-state index in [1.165, 1.54) is 11.8 Å². The van der Waals surface area contributed by atoms with Crippen LogP contribution in [0.2, 0.25) is 5.02 Å². The van der Waals surface area contributed by atoms with Crippen molar-refractivity contribution in [3.8, 4) is 0 Å². The van der Waals surface area contributed by atoms with Gasteiger partial charge in [-0.3, -0.25) is 0 Å². The zero-order valence-corrected chi connectivity index (χ0v) is 15.4. The number of ether oxygens (including phenoxy) is 1. The molecular formula is C18H15ClN4O2S. The van der Waals surface area contributed by atoms with Crippen molar-refractivity contribution in [1.29, 1.82) is 0 Å². The number of halogens is 1. The van der Waals surface area contributed by atoms with Crippen LogP contribution in [0, 0.1) is 4.77 Å². The number of methoxy groups -OCH3 is 1. The van der Waals surface area contributed by atoms with E-state index in [1.54, 1.807) is 41.5 Å². The highest BCUT2D eigenvalue weighted by Gasteiger charge is 2.05. The van der Waals surface area contributed by atoms with Gasteiger partial charge in [-0.25, -0.2) is 9.48 Å². The molecule has 0 aliphatic heterocycles. The van der Waals surface area contributed by atoms with Gasteiger partial charge in [0.15, 0.2) is 0 Å². The summed E-state index contributed by atoms with van der Waals surface area (Å²) in [5, 5.41) is 9.23. The lowest BCUT2D eigenvalue weighted by Crippen LogP contribution is -2.03. The Kier molecular flexibility index (Phi) is 5.60. The summed E-state index contributed by atoms with van der Waals surface area (Å²) in [4.78, 5) is 11.4. The van der Waals surface area contributed by atoms with E-state index in [4.69, 9.17) is 23.8 Å². The maximum Gasteiger partial charge on any atom is 0.337 e. The predicted molar refractivity (Wildman–Crippen MR) is 102 cm³/mol. The number of hydrogen-bond acceptors (Lipinski definition) is 5. The molecule has 0 N–H and O–H groups in total. The third-order valence-electron chi connectivity index (χ3n) is 3.66. The highest BCUT2D eigenvalue weighted by atomic mass is 35.5. The summed E-state index contributed by atoms with van der Waals surface area (Å²) < 4.78 is 8.27. The fraction of sp³-hybridized carbons (Fsp3) is 0.111. The number of nitrogens with zero attached hydrogens (tertiary/aromatic N) is 4. The number of hydrogen-bond donors (Lipinski definition) is 0. The van der Waals surface area contributed by atoms with Crippen molar-refractivity contribution < 1.29 is 9.53 Å². The van der Waals surface area contributed by atoms with Gasteiger partial charge >= 0.3 is 5.97 Å². The van der Waals surface area contributed by atoms with Crippen LogP contribution in [0.1, 0.15) is 21.5 Å². The highest BCUT2D eigenvalue weighted by molar-refractivity contribution is 7.71. The lowest BCUT2D eigenvalue weighted by molar-refractivity contribution is 0.0600. The van der Waals surface area contributed by atoms with Gasteiger partial charge < -0.3 is 4.74 Å². The minimum Gasteiger partial charge on any atom is -0.465 e. The van der Waals surface area contributed by atoms with Crippen LogP contribution in [0.25, 0.3) is 0 Å². The van der Waals surface area contributed by atoms with Crippen LogP contribution in [0.15, 0.2) is 60.0 Å². The van der Waals surface area contributed by atoms with E-state index in [2.05, 4.69) is 14.9 Å². The van der Waals surface area contributed by atoms with Gasteiger partial charge in [0.2, 0.25) is 4.77 Å². The Bertz CT molecular complexity index is 1010. The first kappa shape index (κ1) is 18.0. The average Bonchev–Trinajstić information content (AvgIpc) is 3.01. The van der Waals surface area contributed by atoms with Gasteiger partial charge in [-0.1, -0.05) is 41.9 Å². The van der Waals surface area contributed by atoms with Crippen LogP contribution in [0.3, 0.4) is 0 Å². The van der Waals surface area contributed by atoms with Gasteiger partial charge in [0.05, 0.1) is 25.4 Å². The van der Waals surface area contributed by atoms with Gasteiger partial charge in [0.25, 0.3) is 0 Å². The lowest BCUT2D eigenvalue weighted by Gasteiger charge is -2.03. The summed E-state index contributed by atoms with van der Waals surface area (Å²) in [7, 11) is 1.35. The first-order chi connectivity index (χ1) is 12.6. The van der Waals surface area contributed by atoms with Gasteiger partial charge in [-0.15, -0.1) is 0 Å². The van der Waals surface area contributed by atoms with Crippen LogP contribution in [-0.4, -0.2) is 33.8 Å². The number of carbonyl (C=O) groups is 1. The van der Waals surface area contributed by atoms with Crippen LogP contribution in [0.4, 0.5) is 0 Å². The van der Waals surface area contributed by atoms with Crippen molar-refractivity contribution in [2.75, 3.05) is 7.11 Å². The summed E-state index contributed by atoms with van der Waals surface area (Å²) in [6.45, 7) is 0.467. The molecule has 6 nitrogen and oxygen atoms in total. The smallest absolute Gasteiger partial charge is 0.337 e. The van der Waals surface area contributed by atoms with Crippen molar-refractivity contribution in [3.05, 3.63) is 81.3 Å². The van der Waals surface area contributed by atoms with E-state index < -0.39 is 0 Å². The number of benzene rings is 2.